The second kappa shape index (κ2) is 7.78. The van der Waals surface area contributed by atoms with E-state index in [1.165, 1.54) is 12.7 Å². The molecule has 0 aromatic heterocycles. The van der Waals surface area contributed by atoms with Crippen molar-refractivity contribution in [2.45, 2.75) is 62.5 Å². The zero-order valence-electron chi connectivity index (χ0n) is 17.9. The summed E-state index contributed by atoms with van der Waals surface area (Å²) in [4.78, 5) is 0.194. The summed E-state index contributed by atoms with van der Waals surface area (Å²) in [5.41, 5.74) is 2.54. The Balaban J connectivity index is 1.73. The molecule has 30 heavy (non-hydrogen) atoms. The zero-order chi connectivity index (χ0) is 21.5. The first-order chi connectivity index (χ1) is 14.2. The van der Waals surface area contributed by atoms with Gasteiger partial charge in [0.25, 0.3) is 0 Å². The van der Waals surface area contributed by atoms with Crippen molar-refractivity contribution >= 4 is 10.0 Å². The molecule has 1 unspecified atom stereocenters. The number of nitrogens with one attached hydrogen (secondary N) is 1. The molecule has 1 aliphatic carbocycles. The summed E-state index contributed by atoms with van der Waals surface area (Å²) >= 11 is 0. The number of fused-ring (bicyclic) bond motifs is 2. The summed E-state index contributed by atoms with van der Waals surface area (Å²) in [5.74, 6) is 1.71. The van der Waals surface area contributed by atoms with Crippen molar-refractivity contribution in [1.82, 2.24) is 4.72 Å². The minimum atomic E-state index is -3.82. The Morgan fingerprint density at radius 2 is 1.73 bits per heavy atom. The van der Waals surface area contributed by atoms with E-state index < -0.39 is 21.7 Å². The smallest absolute Gasteiger partial charge is 0.244 e. The Hall–Kier alpha value is -2.25. The molecule has 0 amide bonds. The molecule has 2 aromatic rings. The average molecular weight is 432 g/mol. The molecule has 162 valence electrons. The lowest BCUT2D eigenvalue weighted by Gasteiger charge is -2.38. The van der Waals surface area contributed by atoms with E-state index in [-0.39, 0.29) is 4.90 Å². The SMILES string of the molecule is COc1ccc2c(c1)C(NS(=O)(=O)c1cc3c(cc1OC)CCCC3)CC(C)(C)O2. The highest BCUT2D eigenvalue weighted by Crippen LogP contribution is 2.42. The molecule has 1 N–H and O–H groups in total. The fraction of sp³-hybridized carbons (Fsp3) is 0.478. The van der Waals surface area contributed by atoms with Gasteiger partial charge in [-0.3, -0.25) is 0 Å². The zero-order valence-corrected chi connectivity index (χ0v) is 18.8. The lowest BCUT2D eigenvalue weighted by molar-refractivity contribution is 0.0700. The maximum atomic E-state index is 13.5. The Labute approximate surface area is 178 Å². The summed E-state index contributed by atoms with van der Waals surface area (Å²) in [7, 11) is -0.715. The van der Waals surface area contributed by atoms with Crippen molar-refractivity contribution in [3.05, 3.63) is 47.0 Å². The molecule has 1 aliphatic heterocycles. The van der Waals surface area contributed by atoms with Gasteiger partial charge in [0, 0.05) is 12.0 Å². The maximum Gasteiger partial charge on any atom is 0.244 e. The van der Waals surface area contributed by atoms with Crippen molar-refractivity contribution in [2.24, 2.45) is 0 Å². The van der Waals surface area contributed by atoms with Gasteiger partial charge in [0.05, 0.1) is 20.3 Å². The number of aryl methyl sites for hydroxylation is 2. The number of rotatable bonds is 5. The Morgan fingerprint density at radius 1 is 1.03 bits per heavy atom. The minimum absolute atomic E-state index is 0.194. The van der Waals surface area contributed by atoms with Crippen LogP contribution in [0.15, 0.2) is 35.2 Å². The molecule has 2 aromatic carbocycles. The summed E-state index contributed by atoms with van der Waals surface area (Å²) in [6.45, 7) is 3.92. The summed E-state index contributed by atoms with van der Waals surface area (Å²) in [6, 6.07) is 8.71. The second-order valence-electron chi connectivity index (χ2n) is 8.62. The van der Waals surface area contributed by atoms with Crippen LogP contribution in [0.1, 0.15) is 55.8 Å². The molecule has 1 heterocycles. The molecule has 2 aliphatic rings. The molecule has 0 saturated carbocycles. The van der Waals surface area contributed by atoms with E-state index >= 15 is 0 Å². The third-order valence-corrected chi connectivity index (χ3v) is 7.38. The monoisotopic (exact) mass is 431 g/mol. The highest BCUT2D eigenvalue weighted by atomic mass is 32.2. The number of hydrogen-bond donors (Lipinski definition) is 1. The second-order valence-corrected chi connectivity index (χ2v) is 10.3. The van der Waals surface area contributed by atoms with E-state index in [2.05, 4.69) is 4.72 Å². The molecule has 4 rings (SSSR count). The van der Waals surface area contributed by atoms with E-state index in [9.17, 15) is 8.42 Å². The van der Waals surface area contributed by atoms with E-state index in [4.69, 9.17) is 14.2 Å². The fourth-order valence-electron chi connectivity index (χ4n) is 4.43. The highest BCUT2D eigenvalue weighted by Gasteiger charge is 2.37. The van der Waals surface area contributed by atoms with E-state index in [1.807, 2.05) is 38.1 Å². The Morgan fingerprint density at radius 3 is 2.40 bits per heavy atom. The van der Waals surface area contributed by atoms with Crippen LogP contribution in [0.25, 0.3) is 0 Å². The molecule has 0 saturated heterocycles. The minimum Gasteiger partial charge on any atom is -0.497 e. The van der Waals surface area contributed by atoms with E-state index in [0.29, 0.717) is 23.7 Å². The summed E-state index contributed by atoms with van der Waals surface area (Å²) < 4.78 is 46.8. The molecular formula is C23H29NO5S. The molecular weight excluding hydrogens is 402 g/mol. The van der Waals surface area contributed by atoms with Gasteiger partial charge in [-0.05, 0) is 81.0 Å². The van der Waals surface area contributed by atoms with Gasteiger partial charge >= 0.3 is 0 Å². The normalized spacial score (nSPS) is 19.9. The number of methoxy groups -OCH3 is 2. The fourth-order valence-corrected chi connectivity index (χ4v) is 5.84. The maximum absolute atomic E-state index is 13.5. The van der Waals surface area contributed by atoms with Crippen LogP contribution >= 0.6 is 0 Å². The molecule has 0 bridgehead atoms. The molecule has 6 nitrogen and oxygen atoms in total. The van der Waals surface area contributed by atoms with Crippen LogP contribution in [0.4, 0.5) is 0 Å². The van der Waals surface area contributed by atoms with Gasteiger partial charge in [-0.15, -0.1) is 0 Å². The van der Waals surface area contributed by atoms with Crippen molar-refractivity contribution in [1.29, 1.82) is 0 Å². The molecule has 0 spiro atoms. The van der Waals surface area contributed by atoms with Crippen LogP contribution in [0.5, 0.6) is 17.2 Å². The standard InChI is InChI=1S/C23H29NO5S/c1-23(2)14-19(18-13-17(27-3)9-10-20(18)29-23)24-30(25,26)22-12-16-8-6-5-7-15(16)11-21(22)28-4/h9-13,19,24H,5-8,14H2,1-4H3. The third-order valence-electron chi connectivity index (χ3n) is 5.89. The third kappa shape index (κ3) is 4.01. The first kappa shape index (κ1) is 21.0. The van der Waals surface area contributed by atoms with Gasteiger partial charge < -0.3 is 14.2 Å². The number of hydrogen-bond acceptors (Lipinski definition) is 5. The van der Waals surface area contributed by atoms with E-state index in [1.54, 1.807) is 13.2 Å². The first-order valence-electron chi connectivity index (χ1n) is 10.3. The lowest BCUT2D eigenvalue weighted by atomic mass is 9.90. The van der Waals surface area contributed by atoms with Gasteiger partial charge in [0.15, 0.2) is 0 Å². The predicted octanol–water partition coefficient (Wildman–Crippen LogP) is 4.16. The van der Waals surface area contributed by atoms with Crippen molar-refractivity contribution in [3.63, 3.8) is 0 Å². The van der Waals surface area contributed by atoms with Crippen molar-refractivity contribution < 1.29 is 22.6 Å². The molecule has 7 heteroatoms. The van der Waals surface area contributed by atoms with Gasteiger partial charge in [-0.25, -0.2) is 13.1 Å². The van der Waals surface area contributed by atoms with Crippen LogP contribution in [0.2, 0.25) is 0 Å². The van der Waals surface area contributed by atoms with Gasteiger partial charge in [-0.2, -0.15) is 0 Å². The van der Waals surface area contributed by atoms with Gasteiger partial charge in [0.2, 0.25) is 10.0 Å². The number of sulfonamides is 1. The topological polar surface area (TPSA) is 73.9 Å². The molecule has 1 atom stereocenters. The van der Waals surface area contributed by atoms with Gasteiger partial charge in [-0.1, -0.05) is 0 Å². The molecule has 0 fully saturated rings. The quantitative estimate of drug-likeness (QED) is 0.769. The van der Waals surface area contributed by atoms with Crippen LogP contribution in [-0.4, -0.2) is 28.2 Å². The Bertz CT molecular complexity index is 1060. The van der Waals surface area contributed by atoms with Crippen LogP contribution in [-0.2, 0) is 22.9 Å². The lowest BCUT2D eigenvalue weighted by Crippen LogP contribution is -2.41. The van der Waals surface area contributed by atoms with Crippen LogP contribution in [0, 0.1) is 0 Å². The number of benzene rings is 2. The van der Waals surface area contributed by atoms with Gasteiger partial charge in [0.1, 0.15) is 27.7 Å². The van der Waals surface area contributed by atoms with E-state index in [0.717, 1.165) is 36.8 Å². The first-order valence-corrected chi connectivity index (χ1v) is 11.8. The summed E-state index contributed by atoms with van der Waals surface area (Å²) in [5, 5.41) is 0. The van der Waals surface area contributed by atoms with Crippen molar-refractivity contribution in [2.75, 3.05) is 14.2 Å². The number of ether oxygens (including phenoxy) is 3. The van der Waals surface area contributed by atoms with Crippen LogP contribution in [0.3, 0.4) is 0 Å². The predicted molar refractivity (Wildman–Crippen MR) is 115 cm³/mol. The summed E-state index contributed by atoms with van der Waals surface area (Å²) in [6.07, 6.45) is 4.55. The van der Waals surface area contributed by atoms with Crippen molar-refractivity contribution in [3.8, 4) is 17.2 Å². The average Bonchev–Trinajstić information content (AvgIpc) is 2.71. The van der Waals surface area contributed by atoms with Crippen LogP contribution < -0.4 is 18.9 Å². The highest BCUT2D eigenvalue weighted by molar-refractivity contribution is 7.89. The largest absolute Gasteiger partial charge is 0.497 e. The molecule has 0 radical (unpaired) electrons. The Kier molecular flexibility index (Phi) is 5.45.